The Kier molecular flexibility index (Phi) is 5.13. The van der Waals surface area contributed by atoms with Gasteiger partial charge in [0.15, 0.2) is 0 Å². The number of amides is 1. The van der Waals surface area contributed by atoms with Crippen molar-refractivity contribution in [2.75, 3.05) is 11.4 Å². The lowest BCUT2D eigenvalue weighted by Crippen LogP contribution is -2.30. The Hall–Kier alpha value is -1.95. The molecule has 2 aromatic rings. The van der Waals surface area contributed by atoms with Crippen molar-refractivity contribution in [3.05, 3.63) is 60.2 Å². The Morgan fingerprint density at radius 1 is 1.05 bits per heavy atom. The first-order chi connectivity index (χ1) is 10.4. The lowest BCUT2D eigenvalue weighted by atomic mass is 10.2. The molecule has 22 heavy (non-hydrogen) atoms. The van der Waals surface area contributed by atoms with E-state index in [2.05, 4.69) is 0 Å². The van der Waals surface area contributed by atoms with Crippen LogP contribution in [0.15, 0.2) is 59.5 Å². The second-order valence-corrected chi connectivity index (χ2v) is 5.60. The summed E-state index contributed by atoms with van der Waals surface area (Å²) in [4.78, 5) is 14.1. The van der Waals surface area contributed by atoms with E-state index in [0.29, 0.717) is 12.1 Å². The summed E-state index contributed by atoms with van der Waals surface area (Å²) in [6.07, 6.45) is 0. The van der Waals surface area contributed by atoms with E-state index in [4.69, 9.17) is 0 Å². The van der Waals surface area contributed by atoms with Crippen molar-refractivity contribution in [3.63, 3.8) is 0 Å². The van der Waals surface area contributed by atoms with Gasteiger partial charge in [-0.15, -0.1) is 0 Å². The van der Waals surface area contributed by atoms with Gasteiger partial charge >= 0.3 is 5.51 Å². The third-order valence-electron chi connectivity index (χ3n) is 2.96. The van der Waals surface area contributed by atoms with E-state index in [-0.39, 0.29) is 22.6 Å². The van der Waals surface area contributed by atoms with Gasteiger partial charge in [-0.1, -0.05) is 18.2 Å². The monoisotopic (exact) mass is 325 g/mol. The van der Waals surface area contributed by atoms with Gasteiger partial charge in [0, 0.05) is 22.7 Å². The van der Waals surface area contributed by atoms with E-state index in [1.807, 2.05) is 37.3 Å². The highest BCUT2D eigenvalue weighted by Crippen LogP contribution is 2.36. The van der Waals surface area contributed by atoms with E-state index in [1.54, 1.807) is 4.90 Å². The Morgan fingerprint density at radius 3 is 2.14 bits per heavy atom. The summed E-state index contributed by atoms with van der Waals surface area (Å²) in [5.74, 6) is -0.239. The smallest absolute Gasteiger partial charge is 0.309 e. The minimum absolute atomic E-state index is 0.0619. The second-order valence-electron chi connectivity index (χ2n) is 4.46. The van der Waals surface area contributed by atoms with Crippen molar-refractivity contribution >= 4 is 23.4 Å². The first-order valence-corrected chi connectivity index (χ1v) is 7.45. The lowest BCUT2D eigenvalue weighted by Gasteiger charge is -2.21. The van der Waals surface area contributed by atoms with E-state index < -0.39 is 5.51 Å². The minimum Gasteiger partial charge on any atom is -0.309 e. The van der Waals surface area contributed by atoms with E-state index in [1.165, 1.54) is 24.3 Å². The number of hydrogen-bond acceptors (Lipinski definition) is 2. The first-order valence-electron chi connectivity index (χ1n) is 6.63. The molecule has 0 aliphatic carbocycles. The number of carbonyl (C=O) groups is 1. The van der Waals surface area contributed by atoms with Crippen molar-refractivity contribution < 1.29 is 18.0 Å². The van der Waals surface area contributed by atoms with E-state index in [0.717, 1.165) is 5.69 Å². The summed E-state index contributed by atoms with van der Waals surface area (Å²) < 4.78 is 36.9. The molecule has 116 valence electrons. The number of benzene rings is 2. The molecule has 1 amide bonds. The van der Waals surface area contributed by atoms with Crippen molar-refractivity contribution in [2.45, 2.75) is 17.3 Å². The zero-order chi connectivity index (χ0) is 16.2. The van der Waals surface area contributed by atoms with Crippen LogP contribution in [-0.2, 0) is 0 Å². The Labute approximate surface area is 130 Å². The van der Waals surface area contributed by atoms with Crippen LogP contribution in [0.2, 0.25) is 0 Å². The standard InChI is InChI=1S/C16H14F3NOS/c1-2-20(13-6-4-3-5-7-13)15(21)12-8-10-14(11-9-12)22-16(17,18)19/h3-11H,2H2,1H3. The molecular weight excluding hydrogens is 311 g/mol. The van der Waals surface area contributed by atoms with Crippen LogP contribution in [0, 0.1) is 0 Å². The van der Waals surface area contributed by atoms with Gasteiger partial charge in [-0.05, 0) is 55.1 Å². The summed E-state index contributed by atoms with van der Waals surface area (Å²) in [5, 5.41) is 0. The third-order valence-corrected chi connectivity index (χ3v) is 3.70. The maximum atomic E-state index is 12.5. The van der Waals surface area contributed by atoms with Crippen LogP contribution >= 0.6 is 11.8 Å². The number of hydrogen-bond donors (Lipinski definition) is 0. The molecule has 0 saturated heterocycles. The number of nitrogens with zero attached hydrogens (tertiary/aromatic N) is 1. The fraction of sp³-hybridized carbons (Fsp3) is 0.188. The number of halogens is 3. The van der Waals surface area contributed by atoms with Crippen molar-refractivity contribution in [3.8, 4) is 0 Å². The van der Waals surface area contributed by atoms with Crippen LogP contribution in [0.4, 0.5) is 18.9 Å². The van der Waals surface area contributed by atoms with E-state index in [9.17, 15) is 18.0 Å². The Morgan fingerprint density at radius 2 is 1.64 bits per heavy atom. The summed E-state index contributed by atoms with van der Waals surface area (Å²) in [5.41, 5.74) is -3.22. The molecule has 0 radical (unpaired) electrons. The molecule has 0 aliphatic rings. The molecule has 0 unspecified atom stereocenters. The fourth-order valence-electron chi connectivity index (χ4n) is 2.01. The predicted molar refractivity (Wildman–Crippen MR) is 82.1 cm³/mol. The normalized spacial score (nSPS) is 11.3. The van der Waals surface area contributed by atoms with Gasteiger partial charge in [0.1, 0.15) is 0 Å². The molecule has 0 atom stereocenters. The maximum absolute atomic E-state index is 12.5. The zero-order valence-electron chi connectivity index (χ0n) is 11.8. The van der Waals surface area contributed by atoms with Gasteiger partial charge in [-0.3, -0.25) is 4.79 Å². The SMILES string of the molecule is CCN(C(=O)c1ccc(SC(F)(F)F)cc1)c1ccccc1. The van der Waals surface area contributed by atoms with Gasteiger partial charge in [0.2, 0.25) is 0 Å². The summed E-state index contributed by atoms with van der Waals surface area (Å²) in [6.45, 7) is 2.32. The number of para-hydroxylation sites is 1. The van der Waals surface area contributed by atoms with Crippen LogP contribution in [0.5, 0.6) is 0 Å². The fourth-order valence-corrected chi connectivity index (χ4v) is 2.55. The van der Waals surface area contributed by atoms with E-state index >= 15 is 0 Å². The molecule has 0 saturated carbocycles. The van der Waals surface area contributed by atoms with Crippen LogP contribution in [0.3, 0.4) is 0 Å². The number of alkyl halides is 3. The first kappa shape index (κ1) is 16.4. The molecule has 2 aromatic carbocycles. The van der Waals surface area contributed by atoms with Crippen molar-refractivity contribution in [1.29, 1.82) is 0 Å². The average molecular weight is 325 g/mol. The molecule has 0 bridgehead atoms. The third kappa shape index (κ3) is 4.27. The van der Waals surface area contributed by atoms with Crippen LogP contribution < -0.4 is 4.90 Å². The molecule has 0 aromatic heterocycles. The Bertz CT molecular complexity index is 626. The van der Waals surface area contributed by atoms with Gasteiger partial charge in [0.25, 0.3) is 5.91 Å². The molecule has 0 fully saturated rings. The number of anilines is 1. The summed E-state index contributed by atoms with van der Waals surface area (Å²) in [6, 6.07) is 14.6. The quantitative estimate of drug-likeness (QED) is 0.740. The molecule has 0 N–H and O–H groups in total. The zero-order valence-corrected chi connectivity index (χ0v) is 12.6. The van der Waals surface area contributed by atoms with Crippen molar-refractivity contribution in [2.24, 2.45) is 0 Å². The van der Waals surface area contributed by atoms with Crippen molar-refractivity contribution in [1.82, 2.24) is 0 Å². The maximum Gasteiger partial charge on any atom is 0.446 e. The topological polar surface area (TPSA) is 20.3 Å². The van der Waals surface area contributed by atoms with Gasteiger partial charge in [-0.25, -0.2) is 0 Å². The predicted octanol–water partition coefficient (Wildman–Crippen LogP) is 4.97. The van der Waals surface area contributed by atoms with Crippen LogP contribution in [-0.4, -0.2) is 18.0 Å². The van der Waals surface area contributed by atoms with Gasteiger partial charge in [0.05, 0.1) is 0 Å². The van der Waals surface area contributed by atoms with Crippen LogP contribution in [0.25, 0.3) is 0 Å². The van der Waals surface area contributed by atoms with Crippen LogP contribution in [0.1, 0.15) is 17.3 Å². The molecule has 0 spiro atoms. The largest absolute Gasteiger partial charge is 0.446 e. The molecule has 2 rings (SSSR count). The summed E-state index contributed by atoms with van der Waals surface area (Å²) in [7, 11) is 0. The molecule has 6 heteroatoms. The van der Waals surface area contributed by atoms with Gasteiger partial charge in [-0.2, -0.15) is 13.2 Å². The number of carbonyl (C=O) groups excluding carboxylic acids is 1. The molecule has 2 nitrogen and oxygen atoms in total. The average Bonchev–Trinajstić information content (AvgIpc) is 2.48. The van der Waals surface area contributed by atoms with Gasteiger partial charge < -0.3 is 4.90 Å². The highest BCUT2D eigenvalue weighted by Gasteiger charge is 2.29. The lowest BCUT2D eigenvalue weighted by molar-refractivity contribution is -0.0328. The highest BCUT2D eigenvalue weighted by molar-refractivity contribution is 8.00. The minimum atomic E-state index is -4.33. The molecular formula is C16H14F3NOS. The molecule has 0 aliphatic heterocycles. The number of thioether (sulfide) groups is 1. The molecule has 0 heterocycles. The number of rotatable bonds is 4. The second kappa shape index (κ2) is 6.87. The highest BCUT2D eigenvalue weighted by atomic mass is 32.2. The Balaban J connectivity index is 2.18. The summed E-state index contributed by atoms with van der Waals surface area (Å²) >= 11 is -0.193.